The van der Waals surface area contributed by atoms with Gasteiger partial charge in [0, 0.05) is 19.2 Å². The van der Waals surface area contributed by atoms with Crippen LogP contribution in [0.5, 0.6) is 0 Å². The van der Waals surface area contributed by atoms with Crippen molar-refractivity contribution in [2.24, 2.45) is 11.7 Å². The Hall–Kier alpha value is -2.44. The van der Waals surface area contributed by atoms with E-state index < -0.39 is 11.8 Å². The Morgan fingerprint density at radius 3 is 3.06 bits per heavy atom. The first kappa shape index (κ1) is 10.7. The molecular weight excluding hydrogens is 234 g/mol. The number of hydrogen-bond donors (Lipinski definition) is 2. The van der Waals surface area contributed by atoms with E-state index in [1.807, 2.05) is 0 Å². The summed E-state index contributed by atoms with van der Waals surface area (Å²) >= 11 is 0. The molecule has 1 aliphatic heterocycles. The van der Waals surface area contributed by atoms with E-state index in [0.29, 0.717) is 11.5 Å². The molecule has 2 aromatic rings. The number of aromatic amines is 1. The second kappa shape index (κ2) is 3.80. The molecule has 3 N–H and O–H groups in total. The molecule has 2 amide bonds. The summed E-state index contributed by atoms with van der Waals surface area (Å²) in [6, 6.07) is 1.80. The molecule has 7 nitrogen and oxygen atoms in total. The fourth-order valence-corrected chi connectivity index (χ4v) is 2.18. The number of primary amides is 1. The van der Waals surface area contributed by atoms with Crippen LogP contribution < -0.4 is 10.6 Å². The number of carbonyl (C=O) groups is 2. The topological polar surface area (TPSA) is 105 Å². The highest BCUT2D eigenvalue weighted by atomic mass is 16.2. The number of hydrogen-bond acceptors (Lipinski definition) is 4. The first-order chi connectivity index (χ1) is 8.66. The molecule has 3 heterocycles. The molecule has 7 heteroatoms. The molecule has 1 saturated heterocycles. The van der Waals surface area contributed by atoms with Crippen molar-refractivity contribution in [3.05, 3.63) is 18.6 Å². The lowest BCUT2D eigenvalue weighted by molar-refractivity contribution is -0.123. The number of fused-ring (bicyclic) bond motifs is 1. The van der Waals surface area contributed by atoms with Gasteiger partial charge in [-0.15, -0.1) is 0 Å². The van der Waals surface area contributed by atoms with Crippen LogP contribution in [0.1, 0.15) is 6.42 Å². The smallest absolute Gasteiger partial charge is 0.229 e. The Kier molecular flexibility index (Phi) is 2.26. The molecule has 0 saturated carbocycles. The van der Waals surface area contributed by atoms with Crippen LogP contribution in [-0.4, -0.2) is 33.3 Å². The van der Waals surface area contributed by atoms with E-state index in [2.05, 4.69) is 15.0 Å². The Bertz CT molecular complexity index is 635. The molecule has 0 aromatic carbocycles. The normalized spacial score (nSPS) is 19.7. The second-order valence-corrected chi connectivity index (χ2v) is 4.24. The van der Waals surface area contributed by atoms with Crippen molar-refractivity contribution in [3.8, 4) is 0 Å². The van der Waals surface area contributed by atoms with Gasteiger partial charge in [0.25, 0.3) is 0 Å². The van der Waals surface area contributed by atoms with Crippen molar-refractivity contribution in [1.29, 1.82) is 0 Å². The summed E-state index contributed by atoms with van der Waals surface area (Å²) in [7, 11) is 0. The summed E-state index contributed by atoms with van der Waals surface area (Å²) in [5, 5.41) is 0.760. The van der Waals surface area contributed by atoms with Crippen LogP contribution in [0.15, 0.2) is 18.6 Å². The maximum atomic E-state index is 11.9. The molecular formula is C11H11N5O2. The van der Waals surface area contributed by atoms with Crippen LogP contribution in [0.3, 0.4) is 0 Å². The SMILES string of the molecule is NC(=O)C1CC(=O)N(c2ncnc3[nH]ccc23)C1. The zero-order valence-electron chi connectivity index (χ0n) is 9.46. The number of rotatable bonds is 2. The van der Waals surface area contributed by atoms with E-state index in [1.54, 1.807) is 12.3 Å². The van der Waals surface area contributed by atoms with Crippen LogP contribution in [-0.2, 0) is 9.59 Å². The van der Waals surface area contributed by atoms with E-state index in [1.165, 1.54) is 11.2 Å². The highest BCUT2D eigenvalue weighted by molar-refractivity contribution is 6.04. The van der Waals surface area contributed by atoms with Gasteiger partial charge in [-0.05, 0) is 6.07 Å². The molecule has 3 rings (SSSR count). The van der Waals surface area contributed by atoms with Crippen molar-refractivity contribution >= 4 is 28.7 Å². The van der Waals surface area contributed by atoms with E-state index >= 15 is 0 Å². The lowest BCUT2D eigenvalue weighted by Crippen LogP contribution is -2.29. The highest BCUT2D eigenvalue weighted by Crippen LogP contribution is 2.28. The summed E-state index contributed by atoms with van der Waals surface area (Å²) in [4.78, 5) is 35.7. The maximum Gasteiger partial charge on any atom is 0.229 e. The average molecular weight is 245 g/mol. The zero-order chi connectivity index (χ0) is 12.7. The Morgan fingerprint density at radius 1 is 1.50 bits per heavy atom. The average Bonchev–Trinajstić information content (AvgIpc) is 2.94. The predicted octanol–water partition coefficient (Wildman–Crippen LogP) is -0.204. The molecule has 1 atom stereocenters. The van der Waals surface area contributed by atoms with Gasteiger partial charge in [0.1, 0.15) is 17.8 Å². The number of aromatic nitrogens is 3. The van der Waals surface area contributed by atoms with Crippen LogP contribution in [0.25, 0.3) is 11.0 Å². The predicted molar refractivity (Wildman–Crippen MR) is 63.5 cm³/mol. The number of nitrogens with one attached hydrogen (secondary N) is 1. The van der Waals surface area contributed by atoms with Crippen LogP contribution >= 0.6 is 0 Å². The van der Waals surface area contributed by atoms with Crippen LogP contribution in [0.4, 0.5) is 5.82 Å². The van der Waals surface area contributed by atoms with Crippen molar-refractivity contribution in [2.45, 2.75) is 6.42 Å². The number of amides is 2. The molecule has 0 spiro atoms. The largest absolute Gasteiger partial charge is 0.369 e. The van der Waals surface area contributed by atoms with Crippen molar-refractivity contribution in [1.82, 2.24) is 15.0 Å². The molecule has 1 fully saturated rings. The fraction of sp³-hybridized carbons (Fsp3) is 0.273. The second-order valence-electron chi connectivity index (χ2n) is 4.24. The maximum absolute atomic E-state index is 11.9. The lowest BCUT2D eigenvalue weighted by atomic mass is 10.1. The third kappa shape index (κ3) is 1.52. The van der Waals surface area contributed by atoms with Gasteiger partial charge in [-0.1, -0.05) is 0 Å². The van der Waals surface area contributed by atoms with Crippen molar-refractivity contribution in [3.63, 3.8) is 0 Å². The fourth-order valence-electron chi connectivity index (χ4n) is 2.18. The van der Waals surface area contributed by atoms with Gasteiger partial charge in [-0.2, -0.15) is 0 Å². The minimum absolute atomic E-state index is 0.139. The number of nitrogens with zero attached hydrogens (tertiary/aromatic N) is 3. The van der Waals surface area contributed by atoms with E-state index in [4.69, 9.17) is 5.73 Å². The Balaban J connectivity index is 2.03. The Labute approximate surface area is 102 Å². The van der Waals surface area contributed by atoms with Crippen LogP contribution in [0.2, 0.25) is 0 Å². The molecule has 18 heavy (non-hydrogen) atoms. The summed E-state index contributed by atoms with van der Waals surface area (Å²) in [5.74, 6) is -0.512. The van der Waals surface area contributed by atoms with Gasteiger partial charge >= 0.3 is 0 Å². The molecule has 2 aromatic heterocycles. The highest BCUT2D eigenvalue weighted by Gasteiger charge is 2.35. The van der Waals surface area contributed by atoms with Gasteiger partial charge in [-0.25, -0.2) is 9.97 Å². The van der Waals surface area contributed by atoms with E-state index in [-0.39, 0.29) is 18.9 Å². The third-order valence-corrected chi connectivity index (χ3v) is 3.12. The quantitative estimate of drug-likeness (QED) is 0.764. The summed E-state index contributed by atoms with van der Waals surface area (Å²) in [5.41, 5.74) is 5.90. The first-order valence-corrected chi connectivity index (χ1v) is 5.54. The van der Waals surface area contributed by atoms with Crippen molar-refractivity contribution in [2.75, 3.05) is 11.4 Å². The number of H-pyrrole nitrogens is 1. The minimum atomic E-state index is -0.454. The minimum Gasteiger partial charge on any atom is -0.369 e. The Morgan fingerprint density at radius 2 is 2.33 bits per heavy atom. The van der Waals surface area contributed by atoms with Gasteiger partial charge in [0.15, 0.2) is 0 Å². The number of anilines is 1. The standard InChI is InChI=1S/C11H11N5O2/c12-9(18)6-3-8(17)16(4-6)11-7-1-2-13-10(7)14-5-15-11/h1-2,5-6H,3-4H2,(H2,12,18)(H,13,14,15). The molecule has 1 aliphatic rings. The third-order valence-electron chi connectivity index (χ3n) is 3.12. The number of carbonyl (C=O) groups excluding carboxylic acids is 2. The van der Waals surface area contributed by atoms with Gasteiger partial charge in [-0.3, -0.25) is 14.5 Å². The van der Waals surface area contributed by atoms with Gasteiger partial charge < -0.3 is 10.7 Å². The van der Waals surface area contributed by atoms with E-state index in [9.17, 15) is 9.59 Å². The first-order valence-electron chi connectivity index (χ1n) is 5.54. The van der Waals surface area contributed by atoms with Gasteiger partial charge in [0.05, 0.1) is 11.3 Å². The van der Waals surface area contributed by atoms with E-state index in [0.717, 1.165) is 5.39 Å². The molecule has 0 aliphatic carbocycles. The molecule has 0 radical (unpaired) electrons. The number of nitrogens with two attached hydrogens (primary N) is 1. The van der Waals surface area contributed by atoms with Gasteiger partial charge in [0.2, 0.25) is 11.8 Å². The van der Waals surface area contributed by atoms with Crippen molar-refractivity contribution < 1.29 is 9.59 Å². The van der Waals surface area contributed by atoms with Crippen LogP contribution in [0, 0.1) is 5.92 Å². The summed E-state index contributed by atoms with van der Waals surface area (Å²) in [6.45, 7) is 0.283. The monoisotopic (exact) mass is 245 g/mol. The lowest BCUT2D eigenvalue weighted by Gasteiger charge is -2.15. The summed E-state index contributed by atoms with van der Waals surface area (Å²) in [6.07, 6.45) is 3.26. The molecule has 92 valence electrons. The molecule has 1 unspecified atom stereocenters. The molecule has 0 bridgehead atoms. The summed E-state index contributed by atoms with van der Waals surface area (Å²) < 4.78 is 0. The zero-order valence-corrected chi connectivity index (χ0v) is 9.46.